The Morgan fingerprint density at radius 3 is 3.00 bits per heavy atom. The molecule has 0 saturated carbocycles. The van der Waals surface area contributed by atoms with E-state index in [2.05, 4.69) is 15.1 Å². The summed E-state index contributed by atoms with van der Waals surface area (Å²) in [6.45, 7) is 2.03. The fourth-order valence-electron chi connectivity index (χ4n) is 2.01. The molecule has 2 aromatic heterocycles. The maximum absolute atomic E-state index is 5.39. The van der Waals surface area contributed by atoms with E-state index in [0.717, 1.165) is 28.0 Å². The molecule has 0 aliphatic rings. The van der Waals surface area contributed by atoms with E-state index in [0.29, 0.717) is 4.64 Å². The third-order valence-corrected chi connectivity index (χ3v) is 3.27. The van der Waals surface area contributed by atoms with E-state index in [1.807, 2.05) is 25.1 Å². The SMILES string of the molecule is COc1ccc(C)cc1-n1ncc2c(=S)nc[nH]c21. The highest BCUT2D eigenvalue weighted by Gasteiger charge is 2.11. The summed E-state index contributed by atoms with van der Waals surface area (Å²) in [7, 11) is 1.64. The van der Waals surface area contributed by atoms with Crippen LogP contribution >= 0.6 is 12.2 Å². The third-order valence-electron chi connectivity index (χ3n) is 2.95. The molecule has 19 heavy (non-hydrogen) atoms. The molecule has 0 fully saturated rings. The molecule has 0 radical (unpaired) electrons. The summed E-state index contributed by atoms with van der Waals surface area (Å²) in [5.74, 6) is 0.756. The number of fused-ring (bicyclic) bond motifs is 1. The van der Waals surface area contributed by atoms with Crippen molar-refractivity contribution in [1.82, 2.24) is 19.7 Å². The van der Waals surface area contributed by atoms with Gasteiger partial charge in [-0.1, -0.05) is 18.3 Å². The lowest BCUT2D eigenvalue weighted by Gasteiger charge is -2.10. The highest BCUT2D eigenvalue weighted by atomic mass is 32.1. The normalized spacial score (nSPS) is 10.8. The van der Waals surface area contributed by atoms with E-state index in [1.165, 1.54) is 0 Å². The number of ether oxygens (including phenoxy) is 1. The van der Waals surface area contributed by atoms with Gasteiger partial charge < -0.3 is 9.72 Å². The highest BCUT2D eigenvalue weighted by Crippen LogP contribution is 2.26. The quantitative estimate of drug-likeness (QED) is 0.729. The first kappa shape index (κ1) is 11.9. The Morgan fingerprint density at radius 2 is 2.21 bits per heavy atom. The Kier molecular flexibility index (Phi) is 2.79. The number of nitrogens with zero attached hydrogens (tertiary/aromatic N) is 3. The summed E-state index contributed by atoms with van der Waals surface area (Å²) in [5, 5.41) is 5.20. The molecule has 2 heterocycles. The van der Waals surface area contributed by atoms with Gasteiger partial charge in [-0.15, -0.1) is 0 Å². The summed E-state index contributed by atoms with van der Waals surface area (Å²) >= 11 is 5.19. The maximum Gasteiger partial charge on any atom is 0.145 e. The van der Waals surface area contributed by atoms with E-state index in [-0.39, 0.29) is 0 Å². The molecular weight excluding hydrogens is 260 g/mol. The first-order valence-electron chi connectivity index (χ1n) is 5.77. The van der Waals surface area contributed by atoms with Gasteiger partial charge in [0.05, 0.1) is 25.0 Å². The van der Waals surface area contributed by atoms with Crippen molar-refractivity contribution in [2.75, 3.05) is 7.11 Å². The van der Waals surface area contributed by atoms with Gasteiger partial charge in [-0.2, -0.15) is 5.10 Å². The van der Waals surface area contributed by atoms with Crippen molar-refractivity contribution in [2.45, 2.75) is 6.92 Å². The van der Waals surface area contributed by atoms with Crippen molar-refractivity contribution in [3.05, 3.63) is 40.9 Å². The molecule has 0 unspecified atom stereocenters. The van der Waals surface area contributed by atoms with E-state index in [4.69, 9.17) is 17.0 Å². The Hall–Kier alpha value is -2.21. The van der Waals surface area contributed by atoms with Crippen LogP contribution in [0.5, 0.6) is 5.75 Å². The Bertz CT molecular complexity index is 806. The maximum atomic E-state index is 5.39. The minimum absolute atomic E-state index is 0.534. The van der Waals surface area contributed by atoms with Crippen LogP contribution in [-0.4, -0.2) is 26.9 Å². The molecule has 3 rings (SSSR count). The summed E-state index contributed by atoms with van der Waals surface area (Å²) in [5.41, 5.74) is 2.81. The van der Waals surface area contributed by atoms with Crippen molar-refractivity contribution < 1.29 is 4.74 Å². The molecule has 1 N–H and O–H groups in total. The Labute approximate surface area is 114 Å². The largest absolute Gasteiger partial charge is 0.494 e. The number of benzene rings is 1. The van der Waals surface area contributed by atoms with Crippen LogP contribution in [0.4, 0.5) is 0 Å². The van der Waals surface area contributed by atoms with Crippen LogP contribution in [0.3, 0.4) is 0 Å². The fourth-order valence-corrected chi connectivity index (χ4v) is 2.22. The highest BCUT2D eigenvalue weighted by molar-refractivity contribution is 7.71. The second kappa shape index (κ2) is 4.47. The number of rotatable bonds is 2. The molecule has 1 aromatic carbocycles. The number of nitrogens with one attached hydrogen (secondary N) is 1. The summed E-state index contributed by atoms with van der Waals surface area (Å²) in [6, 6.07) is 5.94. The van der Waals surface area contributed by atoms with Crippen LogP contribution in [0, 0.1) is 11.6 Å². The number of aromatic amines is 1. The predicted molar refractivity (Wildman–Crippen MR) is 75.3 cm³/mol. The molecule has 5 nitrogen and oxygen atoms in total. The molecule has 0 bridgehead atoms. The van der Waals surface area contributed by atoms with Crippen molar-refractivity contribution in [1.29, 1.82) is 0 Å². The minimum atomic E-state index is 0.534. The Morgan fingerprint density at radius 1 is 1.37 bits per heavy atom. The van der Waals surface area contributed by atoms with Crippen LogP contribution in [0.15, 0.2) is 30.7 Å². The van der Waals surface area contributed by atoms with Gasteiger partial charge in [0.15, 0.2) is 0 Å². The molecule has 96 valence electrons. The van der Waals surface area contributed by atoms with Gasteiger partial charge in [-0.05, 0) is 24.6 Å². The van der Waals surface area contributed by atoms with E-state index in [1.54, 1.807) is 24.3 Å². The molecule has 0 saturated heterocycles. The lowest BCUT2D eigenvalue weighted by molar-refractivity contribution is 0.412. The number of hydrogen-bond acceptors (Lipinski definition) is 4. The zero-order chi connectivity index (χ0) is 13.4. The summed E-state index contributed by atoms with van der Waals surface area (Å²) < 4.78 is 7.70. The van der Waals surface area contributed by atoms with Crippen LogP contribution < -0.4 is 4.74 Å². The zero-order valence-corrected chi connectivity index (χ0v) is 11.4. The van der Waals surface area contributed by atoms with Gasteiger partial charge in [0.2, 0.25) is 0 Å². The number of H-pyrrole nitrogens is 1. The third kappa shape index (κ3) is 1.90. The van der Waals surface area contributed by atoms with Crippen molar-refractivity contribution in [3.63, 3.8) is 0 Å². The predicted octanol–water partition coefficient (Wildman–Crippen LogP) is 2.80. The van der Waals surface area contributed by atoms with Gasteiger partial charge in [0.25, 0.3) is 0 Å². The van der Waals surface area contributed by atoms with Crippen LogP contribution in [-0.2, 0) is 0 Å². The molecule has 0 spiro atoms. The summed E-state index contributed by atoms with van der Waals surface area (Å²) in [6.07, 6.45) is 3.29. The van der Waals surface area contributed by atoms with Gasteiger partial charge in [0, 0.05) is 0 Å². The average Bonchev–Trinajstić information content (AvgIpc) is 2.84. The van der Waals surface area contributed by atoms with Crippen molar-refractivity contribution in [3.8, 4) is 11.4 Å². The monoisotopic (exact) mass is 272 g/mol. The van der Waals surface area contributed by atoms with E-state index >= 15 is 0 Å². The van der Waals surface area contributed by atoms with Crippen LogP contribution in [0.1, 0.15) is 5.56 Å². The van der Waals surface area contributed by atoms with Gasteiger partial charge in [0.1, 0.15) is 21.7 Å². The van der Waals surface area contributed by atoms with Crippen LogP contribution in [0.2, 0.25) is 0 Å². The average molecular weight is 272 g/mol. The second-order valence-electron chi connectivity index (χ2n) is 4.20. The Balaban J connectivity index is 2.33. The fraction of sp³-hybridized carbons (Fsp3) is 0.154. The lowest BCUT2D eigenvalue weighted by atomic mass is 10.2. The van der Waals surface area contributed by atoms with Gasteiger partial charge >= 0.3 is 0 Å². The molecule has 0 aliphatic heterocycles. The topological polar surface area (TPSA) is 55.7 Å². The lowest BCUT2D eigenvalue weighted by Crippen LogP contribution is -2.01. The van der Waals surface area contributed by atoms with E-state index < -0.39 is 0 Å². The standard InChI is InChI=1S/C13H12N4OS/c1-8-3-4-11(18-2)10(5-8)17-12-9(6-16-17)13(19)15-7-14-12/h3-7H,1-2H3,(H,14,15,19). The van der Waals surface area contributed by atoms with Crippen LogP contribution in [0.25, 0.3) is 16.7 Å². The molecule has 0 atom stereocenters. The first-order chi connectivity index (χ1) is 9.20. The van der Waals surface area contributed by atoms with E-state index in [9.17, 15) is 0 Å². The molecule has 3 aromatic rings. The molecular formula is C13H12N4OS. The molecule has 6 heteroatoms. The molecule has 0 aliphatic carbocycles. The summed E-state index contributed by atoms with van der Waals surface area (Å²) in [4.78, 5) is 7.13. The zero-order valence-electron chi connectivity index (χ0n) is 10.5. The number of aromatic nitrogens is 4. The minimum Gasteiger partial charge on any atom is -0.494 e. The first-order valence-corrected chi connectivity index (χ1v) is 6.18. The smallest absolute Gasteiger partial charge is 0.145 e. The van der Waals surface area contributed by atoms with Crippen molar-refractivity contribution in [2.24, 2.45) is 0 Å². The van der Waals surface area contributed by atoms with Gasteiger partial charge in [-0.25, -0.2) is 9.67 Å². The molecule has 0 amide bonds. The van der Waals surface area contributed by atoms with Crippen molar-refractivity contribution >= 4 is 23.3 Å². The second-order valence-corrected chi connectivity index (χ2v) is 4.59. The van der Waals surface area contributed by atoms with Gasteiger partial charge in [-0.3, -0.25) is 0 Å². The number of hydrogen-bond donors (Lipinski definition) is 1. The number of aryl methyl sites for hydroxylation is 1. The number of methoxy groups -OCH3 is 1.